The molecule has 0 aromatic heterocycles. The van der Waals surface area contributed by atoms with Gasteiger partial charge in [0.25, 0.3) is 0 Å². The molecule has 2 unspecified atom stereocenters. The largest absolute Gasteiger partial charge is 0.299 e. The average Bonchev–Trinajstić information content (AvgIpc) is 2.54. The number of ketones is 1. The Morgan fingerprint density at radius 1 is 1.50 bits per heavy atom. The molecule has 0 bridgehead atoms. The first kappa shape index (κ1) is 11.6. The first-order valence-corrected chi connectivity index (χ1v) is 5.92. The van der Waals surface area contributed by atoms with Gasteiger partial charge in [0.1, 0.15) is 11.6 Å². The van der Waals surface area contributed by atoms with Crippen molar-refractivity contribution >= 4 is 17.4 Å². The van der Waals surface area contributed by atoms with Crippen molar-refractivity contribution < 1.29 is 9.18 Å². The minimum Gasteiger partial charge on any atom is -0.299 e. The molecule has 1 saturated carbocycles. The normalized spacial score (nSPS) is 25.1. The minimum atomic E-state index is -0.265. The van der Waals surface area contributed by atoms with Crippen molar-refractivity contribution in [3.63, 3.8) is 0 Å². The van der Waals surface area contributed by atoms with Crippen LogP contribution in [-0.2, 0) is 11.2 Å². The highest BCUT2D eigenvalue weighted by Gasteiger charge is 2.31. The predicted molar refractivity (Wildman–Crippen MR) is 62.0 cm³/mol. The number of halogens is 2. The van der Waals surface area contributed by atoms with Gasteiger partial charge in [0.2, 0.25) is 0 Å². The van der Waals surface area contributed by atoms with Crippen molar-refractivity contribution in [3.05, 3.63) is 34.6 Å². The van der Waals surface area contributed by atoms with E-state index in [0.717, 1.165) is 6.42 Å². The van der Waals surface area contributed by atoms with E-state index in [9.17, 15) is 9.18 Å². The lowest BCUT2D eigenvalue weighted by Gasteiger charge is -2.14. The molecule has 16 heavy (non-hydrogen) atoms. The Bertz CT molecular complexity index is 416. The third-order valence-corrected chi connectivity index (χ3v) is 3.71. The Morgan fingerprint density at radius 3 is 2.81 bits per heavy atom. The average molecular weight is 241 g/mol. The van der Waals surface area contributed by atoms with E-state index in [1.165, 1.54) is 6.07 Å². The third-order valence-electron chi connectivity index (χ3n) is 3.47. The van der Waals surface area contributed by atoms with Crippen molar-refractivity contribution in [1.82, 2.24) is 0 Å². The Labute approximate surface area is 99.6 Å². The number of Topliss-reactive ketones (excluding diaryl/α,β-unsaturated/α-hetero) is 1. The summed E-state index contributed by atoms with van der Waals surface area (Å²) in [6.07, 6.45) is 2.15. The Kier molecular flexibility index (Phi) is 3.29. The van der Waals surface area contributed by atoms with Gasteiger partial charge < -0.3 is 0 Å². The molecule has 1 aromatic carbocycles. The van der Waals surface area contributed by atoms with Gasteiger partial charge in [0, 0.05) is 17.4 Å². The standard InChI is InChI=1S/C13H14ClFO/c1-8-9(3-5-13(8)16)6-10-2-4-11(14)7-12(10)15/h2,4,7-9H,3,5-6H2,1H3. The predicted octanol–water partition coefficient (Wildman–Crippen LogP) is 3.64. The van der Waals surface area contributed by atoms with E-state index in [4.69, 9.17) is 11.6 Å². The van der Waals surface area contributed by atoms with Gasteiger partial charge in [-0.05, 0) is 36.5 Å². The zero-order valence-corrected chi connectivity index (χ0v) is 9.93. The smallest absolute Gasteiger partial charge is 0.135 e. The van der Waals surface area contributed by atoms with Crippen molar-refractivity contribution in [1.29, 1.82) is 0 Å². The zero-order valence-electron chi connectivity index (χ0n) is 9.17. The molecule has 0 spiro atoms. The van der Waals surface area contributed by atoms with Crippen LogP contribution in [0.4, 0.5) is 4.39 Å². The van der Waals surface area contributed by atoms with Gasteiger partial charge in [-0.3, -0.25) is 4.79 Å². The van der Waals surface area contributed by atoms with Crippen LogP contribution in [0.2, 0.25) is 5.02 Å². The van der Waals surface area contributed by atoms with Crippen LogP contribution in [-0.4, -0.2) is 5.78 Å². The number of carbonyl (C=O) groups excluding carboxylic acids is 1. The summed E-state index contributed by atoms with van der Waals surface area (Å²) in [6.45, 7) is 1.94. The molecular weight excluding hydrogens is 227 g/mol. The number of carbonyl (C=O) groups is 1. The molecule has 1 nitrogen and oxygen atoms in total. The second kappa shape index (κ2) is 4.54. The molecule has 0 radical (unpaired) electrons. The molecular formula is C13H14ClFO. The van der Waals surface area contributed by atoms with Crippen LogP contribution in [0.1, 0.15) is 25.3 Å². The van der Waals surface area contributed by atoms with Crippen LogP contribution in [0.15, 0.2) is 18.2 Å². The molecule has 1 aromatic rings. The Morgan fingerprint density at radius 2 is 2.25 bits per heavy atom. The molecule has 0 N–H and O–H groups in total. The Balaban J connectivity index is 2.12. The van der Waals surface area contributed by atoms with Gasteiger partial charge in [0.05, 0.1) is 0 Å². The van der Waals surface area contributed by atoms with E-state index >= 15 is 0 Å². The molecule has 2 rings (SSSR count). The summed E-state index contributed by atoms with van der Waals surface area (Å²) in [6, 6.07) is 4.74. The van der Waals surface area contributed by atoms with Gasteiger partial charge in [-0.25, -0.2) is 4.39 Å². The summed E-state index contributed by atoms with van der Waals surface area (Å²) in [4.78, 5) is 11.4. The van der Waals surface area contributed by atoms with Crippen molar-refractivity contribution in [2.24, 2.45) is 11.8 Å². The molecule has 0 aliphatic heterocycles. The first-order valence-electron chi connectivity index (χ1n) is 5.54. The Hall–Kier alpha value is -0.890. The topological polar surface area (TPSA) is 17.1 Å². The zero-order chi connectivity index (χ0) is 11.7. The van der Waals surface area contributed by atoms with Crippen molar-refractivity contribution in [2.75, 3.05) is 0 Å². The summed E-state index contributed by atoms with van der Waals surface area (Å²) in [7, 11) is 0. The SMILES string of the molecule is CC1C(=O)CCC1Cc1ccc(Cl)cc1F. The third kappa shape index (κ3) is 2.27. The second-order valence-corrected chi connectivity index (χ2v) is 4.93. The quantitative estimate of drug-likeness (QED) is 0.772. The van der Waals surface area contributed by atoms with E-state index in [1.54, 1.807) is 12.1 Å². The summed E-state index contributed by atoms with van der Waals surface area (Å²) in [5, 5.41) is 0.414. The molecule has 1 fully saturated rings. The fourth-order valence-corrected chi connectivity index (χ4v) is 2.48. The summed E-state index contributed by atoms with van der Waals surface area (Å²) >= 11 is 5.69. The first-order chi connectivity index (χ1) is 7.58. The maximum Gasteiger partial charge on any atom is 0.135 e. The summed E-state index contributed by atoms with van der Waals surface area (Å²) in [5.74, 6) is 0.386. The molecule has 86 valence electrons. The lowest BCUT2D eigenvalue weighted by Crippen LogP contribution is -2.13. The number of benzene rings is 1. The second-order valence-electron chi connectivity index (χ2n) is 4.49. The van der Waals surface area contributed by atoms with E-state index in [2.05, 4.69) is 0 Å². The van der Waals surface area contributed by atoms with Crippen LogP contribution in [0, 0.1) is 17.7 Å². The molecule has 0 saturated heterocycles. The number of hydrogen-bond acceptors (Lipinski definition) is 1. The van der Waals surface area contributed by atoms with Gasteiger partial charge in [-0.1, -0.05) is 24.6 Å². The molecule has 2 atom stereocenters. The summed E-state index contributed by atoms with van der Waals surface area (Å²) in [5.41, 5.74) is 0.663. The van der Waals surface area contributed by atoms with Gasteiger partial charge in [-0.2, -0.15) is 0 Å². The van der Waals surface area contributed by atoms with Gasteiger partial charge in [0.15, 0.2) is 0 Å². The highest BCUT2D eigenvalue weighted by Crippen LogP contribution is 2.32. The van der Waals surface area contributed by atoms with E-state index in [1.807, 2.05) is 6.92 Å². The van der Waals surface area contributed by atoms with E-state index < -0.39 is 0 Å². The van der Waals surface area contributed by atoms with E-state index in [-0.39, 0.29) is 17.7 Å². The lowest BCUT2D eigenvalue weighted by molar-refractivity contribution is -0.120. The maximum atomic E-state index is 13.6. The molecule has 1 aliphatic carbocycles. The van der Waals surface area contributed by atoms with Crippen molar-refractivity contribution in [2.45, 2.75) is 26.2 Å². The van der Waals surface area contributed by atoms with Crippen LogP contribution < -0.4 is 0 Å². The van der Waals surface area contributed by atoms with E-state index in [0.29, 0.717) is 29.2 Å². The van der Waals surface area contributed by atoms with Crippen LogP contribution in [0.5, 0.6) is 0 Å². The highest BCUT2D eigenvalue weighted by molar-refractivity contribution is 6.30. The van der Waals surface area contributed by atoms with Crippen LogP contribution in [0.3, 0.4) is 0 Å². The maximum absolute atomic E-state index is 13.6. The molecule has 3 heteroatoms. The number of hydrogen-bond donors (Lipinski definition) is 0. The molecule has 0 amide bonds. The fourth-order valence-electron chi connectivity index (χ4n) is 2.32. The van der Waals surface area contributed by atoms with Crippen LogP contribution >= 0.6 is 11.6 Å². The van der Waals surface area contributed by atoms with Gasteiger partial charge in [-0.15, -0.1) is 0 Å². The highest BCUT2D eigenvalue weighted by atomic mass is 35.5. The molecule has 0 heterocycles. The minimum absolute atomic E-state index is 0.0649. The fraction of sp³-hybridized carbons (Fsp3) is 0.462. The summed E-state index contributed by atoms with van der Waals surface area (Å²) < 4.78 is 13.6. The number of rotatable bonds is 2. The van der Waals surface area contributed by atoms with Gasteiger partial charge >= 0.3 is 0 Å². The lowest BCUT2D eigenvalue weighted by atomic mass is 9.90. The van der Waals surface area contributed by atoms with Crippen LogP contribution in [0.25, 0.3) is 0 Å². The monoisotopic (exact) mass is 240 g/mol. The van der Waals surface area contributed by atoms with Crippen molar-refractivity contribution in [3.8, 4) is 0 Å². The molecule has 1 aliphatic rings.